The SMILES string of the molecule is C#C/C(C=C1C(=O)c2ccccc2C1=O)=C\c1ccc(N(CC2(C)CC=CC(C3C=CC=CC3)=N2)c2ccc3c(c2)C(C)(C)c2ccccc2-3)cc1C. The highest BCUT2D eigenvalue weighted by Gasteiger charge is 2.37. The lowest BCUT2D eigenvalue weighted by Crippen LogP contribution is -2.39. The smallest absolute Gasteiger partial charge is 0.197 e. The van der Waals surface area contributed by atoms with E-state index in [2.05, 4.69) is 136 Å². The van der Waals surface area contributed by atoms with E-state index in [0.29, 0.717) is 23.2 Å². The number of dihydropyridines is 1. The van der Waals surface area contributed by atoms with Crippen LogP contribution in [0.5, 0.6) is 0 Å². The molecule has 0 amide bonds. The minimum Gasteiger partial charge on any atom is -0.339 e. The van der Waals surface area contributed by atoms with Crippen LogP contribution in [0.2, 0.25) is 0 Å². The Hall–Kier alpha value is -6.05. The van der Waals surface area contributed by atoms with Crippen molar-refractivity contribution in [1.82, 2.24) is 0 Å². The summed E-state index contributed by atoms with van der Waals surface area (Å²) >= 11 is 0. The molecule has 260 valence electrons. The summed E-state index contributed by atoms with van der Waals surface area (Å²) in [6.45, 7) is 9.65. The molecule has 4 aliphatic rings. The van der Waals surface area contributed by atoms with Gasteiger partial charge in [-0.25, -0.2) is 0 Å². The van der Waals surface area contributed by atoms with Crippen molar-refractivity contribution in [2.24, 2.45) is 10.9 Å². The summed E-state index contributed by atoms with van der Waals surface area (Å²) in [7, 11) is 0. The Kier molecular flexibility index (Phi) is 8.47. The number of rotatable bonds is 7. The zero-order valence-electron chi connectivity index (χ0n) is 30.7. The van der Waals surface area contributed by atoms with Crippen molar-refractivity contribution in [3.05, 3.63) is 172 Å². The molecule has 0 spiro atoms. The third-order valence-electron chi connectivity index (χ3n) is 11.2. The number of fused-ring (bicyclic) bond motifs is 4. The van der Waals surface area contributed by atoms with Crippen LogP contribution in [0.15, 0.2) is 144 Å². The summed E-state index contributed by atoms with van der Waals surface area (Å²) in [6.07, 6.45) is 24.4. The lowest BCUT2D eigenvalue weighted by Gasteiger charge is -2.37. The lowest BCUT2D eigenvalue weighted by atomic mass is 9.82. The monoisotopic (exact) mass is 690 g/mol. The Bertz CT molecular complexity index is 2400. The minimum absolute atomic E-state index is 0.104. The van der Waals surface area contributed by atoms with E-state index < -0.39 is 0 Å². The van der Waals surface area contributed by atoms with Gasteiger partial charge < -0.3 is 4.90 Å². The molecule has 8 rings (SSSR count). The molecule has 4 aromatic carbocycles. The van der Waals surface area contributed by atoms with Gasteiger partial charge in [-0.3, -0.25) is 14.6 Å². The summed E-state index contributed by atoms with van der Waals surface area (Å²) in [5.41, 5.74) is 11.4. The highest BCUT2D eigenvalue weighted by molar-refractivity contribution is 6.39. The van der Waals surface area contributed by atoms with Crippen LogP contribution in [0.25, 0.3) is 17.2 Å². The van der Waals surface area contributed by atoms with E-state index in [1.54, 1.807) is 30.3 Å². The molecule has 0 N–H and O–H groups in total. The van der Waals surface area contributed by atoms with Crippen molar-refractivity contribution in [2.45, 2.75) is 51.5 Å². The topological polar surface area (TPSA) is 49.7 Å². The van der Waals surface area contributed by atoms with Crippen molar-refractivity contribution in [3.8, 4) is 23.5 Å². The molecule has 0 saturated heterocycles. The van der Waals surface area contributed by atoms with Gasteiger partial charge in [0, 0.05) is 51.7 Å². The largest absolute Gasteiger partial charge is 0.339 e. The molecule has 1 aliphatic heterocycles. The first-order valence-corrected chi connectivity index (χ1v) is 18.4. The number of allylic oxidation sites excluding steroid dienone is 8. The highest BCUT2D eigenvalue weighted by Crippen LogP contribution is 2.50. The van der Waals surface area contributed by atoms with Gasteiger partial charge in [0.05, 0.1) is 11.1 Å². The molecule has 1 heterocycles. The molecule has 2 unspecified atom stereocenters. The van der Waals surface area contributed by atoms with Crippen LogP contribution in [-0.4, -0.2) is 29.4 Å². The first-order chi connectivity index (χ1) is 25.6. The highest BCUT2D eigenvalue weighted by atomic mass is 16.2. The zero-order valence-corrected chi connectivity index (χ0v) is 30.7. The number of anilines is 2. The number of carbonyl (C=O) groups is 2. The molecule has 0 fully saturated rings. The van der Waals surface area contributed by atoms with Crippen LogP contribution >= 0.6 is 0 Å². The quantitative estimate of drug-likeness (QED) is 0.110. The Morgan fingerprint density at radius 1 is 0.849 bits per heavy atom. The second-order valence-electron chi connectivity index (χ2n) is 15.3. The van der Waals surface area contributed by atoms with E-state index in [0.717, 1.165) is 41.1 Å². The maximum Gasteiger partial charge on any atom is 0.197 e. The number of carbonyl (C=O) groups excluding carboxylic acids is 2. The summed E-state index contributed by atoms with van der Waals surface area (Å²) in [6, 6.07) is 29.0. The number of aliphatic imine (C=N–C) groups is 1. The average Bonchev–Trinajstić information content (AvgIpc) is 3.55. The predicted octanol–water partition coefficient (Wildman–Crippen LogP) is 10.8. The van der Waals surface area contributed by atoms with E-state index in [9.17, 15) is 9.59 Å². The van der Waals surface area contributed by atoms with Crippen LogP contribution < -0.4 is 4.90 Å². The van der Waals surface area contributed by atoms with Crippen molar-refractivity contribution in [1.29, 1.82) is 0 Å². The second kappa shape index (κ2) is 13.2. The second-order valence-corrected chi connectivity index (χ2v) is 15.3. The summed E-state index contributed by atoms with van der Waals surface area (Å²) in [5, 5.41) is 0. The first kappa shape index (κ1) is 34.1. The Labute approximate surface area is 312 Å². The molecular formula is C49H42N2O2. The third kappa shape index (κ3) is 6.07. The minimum atomic E-state index is -0.357. The normalized spacial score (nSPS) is 20.8. The number of Topliss-reactive ketones (excluding diaryl/α,β-unsaturated/α-hetero) is 2. The molecule has 0 aromatic heterocycles. The van der Waals surface area contributed by atoms with Crippen molar-refractivity contribution >= 4 is 34.7 Å². The molecule has 4 aromatic rings. The lowest BCUT2D eigenvalue weighted by molar-refractivity contribution is 0.0988. The molecule has 53 heavy (non-hydrogen) atoms. The number of nitrogens with zero attached hydrogens (tertiary/aromatic N) is 2. The van der Waals surface area contributed by atoms with Crippen LogP contribution in [-0.2, 0) is 5.41 Å². The molecule has 4 heteroatoms. The van der Waals surface area contributed by atoms with Crippen LogP contribution in [0, 0.1) is 25.2 Å². The number of hydrogen-bond donors (Lipinski definition) is 0. The number of terminal acetylenes is 1. The van der Waals surface area contributed by atoms with E-state index in [1.807, 2.05) is 6.08 Å². The number of aryl methyl sites for hydroxylation is 1. The van der Waals surface area contributed by atoms with Gasteiger partial charge in [-0.2, -0.15) is 0 Å². The Morgan fingerprint density at radius 3 is 2.23 bits per heavy atom. The van der Waals surface area contributed by atoms with Crippen molar-refractivity contribution in [2.75, 3.05) is 11.4 Å². The molecule has 2 atom stereocenters. The van der Waals surface area contributed by atoms with E-state index in [-0.39, 0.29) is 34.0 Å². The van der Waals surface area contributed by atoms with Gasteiger partial charge in [0.2, 0.25) is 0 Å². The summed E-state index contributed by atoms with van der Waals surface area (Å²) in [5.74, 6) is 2.41. The molecule has 0 radical (unpaired) electrons. The van der Waals surface area contributed by atoms with Crippen molar-refractivity contribution in [3.63, 3.8) is 0 Å². The van der Waals surface area contributed by atoms with E-state index in [1.165, 1.54) is 22.3 Å². The standard InChI is InChI=1S/C49H42N2O2/c1-6-33(29-42-46(52)40-18-10-11-19-41(40)47(42)53)28-35-22-23-36(27-32(35)2)51(31-49(5)26-14-21-45(50-49)34-15-8-7-9-16-34)37-24-25-39-38-17-12-13-20-43(38)48(3,4)44(39)30-37/h1,7-15,17-25,27-30,34H,16,26,31H2,2-5H3/b33-28+. The van der Waals surface area contributed by atoms with Crippen LogP contribution in [0.3, 0.4) is 0 Å². The Balaban J connectivity index is 1.17. The fourth-order valence-electron chi connectivity index (χ4n) is 8.31. The zero-order chi connectivity index (χ0) is 36.9. The fraction of sp³-hybridized carbons (Fsp3) is 0.204. The first-order valence-electron chi connectivity index (χ1n) is 18.4. The number of benzene rings is 4. The van der Waals surface area contributed by atoms with Gasteiger partial charge in [0.25, 0.3) is 0 Å². The van der Waals surface area contributed by atoms with E-state index >= 15 is 0 Å². The molecule has 3 aliphatic carbocycles. The van der Waals surface area contributed by atoms with Gasteiger partial charge in [-0.15, -0.1) is 6.42 Å². The molecule has 0 bridgehead atoms. The molecule has 4 nitrogen and oxygen atoms in total. The molecular weight excluding hydrogens is 649 g/mol. The van der Waals surface area contributed by atoms with Gasteiger partial charge in [-0.05, 0) is 103 Å². The maximum absolute atomic E-state index is 13.1. The summed E-state index contributed by atoms with van der Waals surface area (Å²) in [4.78, 5) is 34.0. The van der Waals surface area contributed by atoms with Gasteiger partial charge in [-0.1, -0.05) is 111 Å². The number of hydrogen-bond acceptors (Lipinski definition) is 4. The van der Waals surface area contributed by atoms with Gasteiger partial charge >= 0.3 is 0 Å². The van der Waals surface area contributed by atoms with Gasteiger partial charge in [0.15, 0.2) is 11.6 Å². The summed E-state index contributed by atoms with van der Waals surface area (Å²) < 4.78 is 0. The predicted molar refractivity (Wildman–Crippen MR) is 218 cm³/mol. The van der Waals surface area contributed by atoms with Gasteiger partial charge in [0.1, 0.15) is 0 Å². The van der Waals surface area contributed by atoms with Crippen LogP contribution in [0.1, 0.15) is 76.6 Å². The fourth-order valence-corrected chi connectivity index (χ4v) is 8.31. The third-order valence-corrected chi connectivity index (χ3v) is 11.2. The van der Waals surface area contributed by atoms with Crippen LogP contribution in [0.4, 0.5) is 11.4 Å². The Morgan fingerprint density at radius 2 is 1.53 bits per heavy atom. The maximum atomic E-state index is 13.1. The average molecular weight is 691 g/mol. The molecule has 0 saturated carbocycles. The number of ketones is 2. The van der Waals surface area contributed by atoms with E-state index in [4.69, 9.17) is 11.4 Å². The van der Waals surface area contributed by atoms with Crippen molar-refractivity contribution < 1.29 is 9.59 Å².